The number of anilines is 1. The lowest BCUT2D eigenvalue weighted by Crippen LogP contribution is -2.21. The van der Waals surface area contributed by atoms with Crippen LogP contribution in [-0.2, 0) is 9.53 Å². The molecule has 3 rings (SSSR count). The highest BCUT2D eigenvalue weighted by Gasteiger charge is 2.23. The quantitative estimate of drug-likeness (QED) is 0.436. The van der Waals surface area contributed by atoms with E-state index in [1.54, 1.807) is 25.1 Å². The molecule has 2 aromatic carbocycles. The molecule has 30 heavy (non-hydrogen) atoms. The van der Waals surface area contributed by atoms with E-state index < -0.39 is 18.5 Å². The van der Waals surface area contributed by atoms with Crippen molar-refractivity contribution in [2.45, 2.75) is 11.8 Å². The number of amides is 1. The molecule has 0 atom stereocenters. The second-order valence-electron chi connectivity index (χ2n) is 6.07. The van der Waals surface area contributed by atoms with Crippen molar-refractivity contribution in [1.82, 2.24) is 9.78 Å². The Morgan fingerprint density at radius 1 is 1.20 bits per heavy atom. The molecule has 1 N–H and O–H groups in total. The van der Waals surface area contributed by atoms with Crippen molar-refractivity contribution >= 4 is 40.9 Å². The first kappa shape index (κ1) is 21.4. The third-order valence-corrected chi connectivity index (χ3v) is 5.29. The highest BCUT2D eigenvalue weighted by Crippen LogP contribution is 2.27. The lowest BCUT2D eigenvalue weighted by atomic mass is 10.2. The first-order chi connectivity index (χ1) is 14.5. The molecule has 0 bridgehead atoms. The van der Waals surface area contributed by atoms with Crippen molar-refractivity contribution in [2.75, 3.05) is 17.7 Å². The summed E-state index contributed by atoms with van der Waals surface area (Å²) in [4.78, 5) is 25.5. The Morgan fingerprint density at radius 2 is 1.90 bits per heavy atom. The molecule has 0 saturated carbocycles. The van der Waals surface area contributed by atoms with E-state index in [1.807, 2.05) is 42.5 Å². The molecule has 3 aromatic rings. The molecule has 1 heterocycles. The topological polar surface area (TPSA) is 97.0 Å². The number of benzene rings is 2. The summed E-state index contributed by atoms with van der Waals surface area (Å²) in [7, 11) is 0. The van der Waals surface area contributed by atoms with E-state index in [0.29, 0.717) is 17.1 Å². The van der Waals surface area contributed by atoms with Gasteiger partial charge in [0.1, 0.15) is 10.7 Å². The molecule has 0 saturated heterocycles. The molecule has 7 nitrogen and oxygen atoms in total. The van der Waals surface area contributed by atoms with Gasteiger partial charge in [0.2, 0.25) is 0 Å². The normalized spacial score (nSPS) is 10.3. The number of ether oxygens (including phenoxy) is 1. The Bertz CT molecular complexity index is 1110. The highest BCUT2D eigenvalue weighted by molar-refractivity contribution is 7.99. The van der Waals surface area contributed by atoms with Gasteiger partial charge in [-0.15, -0.1) is 11.8 Å². The van der Waals surface area contributed by atoms with Gasteiger partial charge in [-0.25, -0.2) is 9.48 Å². The summed E-state index contributed by atoms with van der Waals surface area (Å²) in [5.41, 5.74) is 1.75. The average Bonchev–Trinajstić information content (AvgIpc) is 3.06. The Labute approximate surface area is 182 Å². The van der Waals surface area contributed by atoms with Gasteiger partial charge in [0.05, 0.1) is 28.9 Å². The monoisotopic (exact) mass is 440 g/mol. The summed E-state index contributed by atoms with van der Waals surface area (Å²) in [5.74, 6) is -0.982. The molecular weight excluding hydrogens is 424 g/mol. The number of para-hydroxylation sites is 2. The van der Waals surface area contributed by atoms with E-state index in [9.17, 15) is 9.59 Å². The van der Waals surface area contributed by atoms with Crippen LogP contribution in [0.2, 0.25) is 5.15 Å². The van der Waals surface area contributed by atoms with Crippen molar-refractivity contribution in [3.05, 3.63) is 71.0 Å². The summed E-state index contributed by atoms with van der Waals surface area (Å²) in [6.45, 7) is 1.16. The number of rotatable bonds is 7. The van der Waals surface area contributed by atoms with E-state index in [1.165, 1.54) is 16.4 Å². The third kappa shape index (κ3) is 5.00. The summed E-state index contributed by atoms with van der Waals surface area (Å²) in [6.07, 6.45) is 0. The zero-order valence-electron chi connectivity index (χ0n) is 16.0. The zero-order valence-corrected chi connectivity index (χ0v) is 17.5. The first-order valence-electron chi connectivity index (χ1n) is 8.87. The Balaban J connectivity index is 1.66. The molecule has 0 aliphatic carbocycles. The number of aromatic nitrogens is 2. The average molecular weight is 441 g/mol. The summed E-state index contributed by atoms with van der Waals surface area (Å²) in [6, 6.07) is 18.3. The standard InChI is InChI=1S/C21H17ClN4O3S/c1-14-19(20(22)26(25-14)15-7-3-2-4-8-15)21(28)29-13-18(27)24-16-9-5-6-10-17(16)30-12-11-23/h2-10H,12-13H2,1H3,(H,24,27). The summed E-state index contributed by atoms with van der Waals surface area (Å²) < 4.78 is 6.59. The third-order valence-electron chi connectivity index (χ3n) is 4.00. The van der Waals surface area contributed by atoms with Crippen molar-refractivity contribution in [2.24, 2.45) is 0 Å². The Kier molecular flexibility index (Phi) is 7.12. The molecule has 0 radical (unpaired) electrons. The fourth-order valence-corrected chi connectivity index (χ4v) is 3.69. The predicted octanol–water partition coefficient (Wildman–Crippen LogP) is 4.25. The number of nitrogens with one attached hydrogen (secondary N) is 1. The van der Waals surface area contributed by atoms with E-state index in [4.69, 9.17) is 21.6 Å². The highest BCUT2D eigenvalue weighted by atomic mass is 35.5. The lowest BCUT2D eigenvalue weighted by molar-refractivity contribution is -0.119. The minimum Gasteiger partial charge on any atom is -0.452 e. The maximum Gasteiger partial charge on any atom is 0.343 e. The van der Waals surface area contributed by atoms with E-state index in [2.05, 4.69) is 10.4 Å². The number of hydrogen-bond acceptors (Lipinski definition) is 6. The first-order valence-corrected chi connectivity index (χ1v) is 10.2. The number of esters is 1. The predicted molar refractivity (Wildman–Crippen MR) is 115 cm³/mol. The van der Waals surface area contributed by atoms with E-state index in [-0.39, 0.29) is 16.5 Å². The van der Waals surface area contributed by atoms with Crippen LogP contribution < -0.4 is 5.32 Å². The van der Waals surface area contributed by atoms with Crippen LogP contribution in [0.4, 0.5) is 5.69 Å². The summed E-state index contributed by atoms with van der Waals surface area (Å²) in [5, 5.41) is 15.8. The number of thioether (sulfide) groups is 1. The number of carbonyl (C=O) groups is 2. The SMILES string of the molecule is Cc1nn(-c2ccccc2)c(Cl)c1C(=O)OCC(=O)Nc1ccccc1SCC#N. The van der Waals surface area contributed by atoms with E-state index in [0.717, 1.165) is 4.90 Å². The molecule has 0 fully saturated rings. The largest absolute Gasteiger partial charge is 0.452 e. The maximum absolute atomic E-state index is 12.5. The van der Waals surface area contributed by atoms with Crippen molar-refractivity contribution < 1.29 is 14.3 Å². The molecule has 0 aliphatic heterocycles. The molecule has 0 spiro atoms. The van der Waals surface area contributed by atoms with Crippen molar-refractivity contribution in [3.8, 4) is 11.8 Å². The molecule has 1 amide bonds. The number of aryl methyl sites for hydroxylation is 1. The second kappa shape index (κ2) is 9.96. The van der Waals surface area contributed by atoms with Gasteiger partial charge in [0.25, 0.3) is 5.91 Å². The Hall–Kier alpha value is -3.28. The fourth-order valence-electron chi connectivity index (χ4n) is 2.67. The molecule has 152 valence electrons. The smallest absolute Gasteiger partial charge is 0.343 e. The molecule has 0 unspecified atom stereocenters. The van der Waals surface area contributed by atoms with Crippen LogP contribution in [0.25, 0.3) is 5.69 Å². The van der Waals surface area contributed by atoms with Crippen LogP contribution in [0.3, 0.4) is 0 Å². The van der Waals surface area contributed by atoms with E-state index >= 15 is 0 Å². The van der Waals surface area contributed by atoms with Gasteiger partial charge in [0, 0.05) is 4.90 Å². The number of nitrogens with zero attached hydrogens (tertiary/aromatic N) is 3. The van der Waals surface area contributed by atoms with Crippen molar-refractivity contribution in [1.29, 1.82) is 5.26 Å². The van der Waals surface area contributed by atoms with Gasteiger partial charge in [0.15, 0.2) is 6.61 Å². The number of carbonyl (C=O) groups excluding carboxylic acids is 2. The zero-order chi connectivity index (χ0) is 21.5. The van der Waals surface area contributed by atoms with Gasteiger partial charge in [-0.2, -0.15) is 10.4 Å². The van der Waals surface area contributed by atoms with Crippen molar-refractivity contribution in [3.63, 3.8) is 0 Å². The van der Waals surface area contributed by atoms with Gasteiger partial charge in [-0.05, 0) is 31.2 Å². The summed E-state index contributed by atoms with van der Waals surface area (Å²) >= 11 is 7.65. The molecule has 0 aliphatic rings. The lowest BCUT2D eigenvalue weighted by Gasteiger charge is -2.10. The van der Waals surface area contributed by atoms with Crippen LogP contribution in [0.15, 0.2) is 59.5 Å². The second-order valence-corrected chi connectivity index (χ2v) is 7.44. The van der Waals surface area contributed by atoms with Gasteiger partial charge >= 0.3 is 5.97 Å². The van der Waals surface area contributed by atoms with Crippen LogP contribution >= 0.6 is 23.4 Å². The van der Waals surface area contributed by atoms with Gasteiger partial charge in [-0.3, -0.25) is 4.79 Å². The Morgan fingerprint density at radius 3 is 2.63 bits per heavy atom. The molecule has 9 heteroatoms. The maximum atomic E-state index is 12.5. The minimum atomic E-state index is -0.734. The molecular formula is C21H17ClN4O3S. The number of hydrogen-bond donors (Lipinski definition) is 1. The van der Waals surface area contributed by atoms with Crippen LogP contribution in [0.5, 0.6) is 0 Å². The number of halogens is 1. The molecule has 1 aromatic heterocycles. The number of nitriles is 1. The fraction of sp³-hybridized carbons (Fsp3) is 0.143. The van der Waals surface area contributed by atoms with Crippen LogP contribution in [-0.4, -0.2) is 34.0 Å². The van der Waals surface area contributed by atoms with Crippen LogP contribution in [0.1, 0.15) is 16.1 Å². The van der Waals surface area contributed by atoms with Gasteiger partial charge in [-0.1, -0.05) is 41.9 Å². The van der Waals surface area contributed by atoms with Gasteiger partial charge < -0.3 is 10.1 Å². The van der Waals surface area contributed by atoms with Crippen LogP contribution in [0, 0.1) is 18.3 Å². The minimum absolute atomic E-state index is 0.110.